The fraction of sp³-hybridized carbons (Fsp3) is 0.500. The monoisotopic (exact) mass is 360 g/mol. The lowest BCUT2D eigenvalue weighted by Crippen LogP contribution is -2.38. The lowest BCUT2D eigenvalue weighted by atomic mass is 10.2. The van der Waals surface area contributed by atoms with E-state index in [0.717, 1.165) is 41.2 Å². The van der Waals surface area contributed by atoms with Gasteiger partial charge >= 0.3 is 0 Å². The molecule has 0 atom stereocenters. The highest BCUT2D eigenvalue weighted by Crippen LogP contribution is 2.17. The fourth-order valence-corrected chi connectivity index (χ4v) is 3.37. The molecule has 25 heavy (non-hydrogen) atoms. The van der Waals surface area contributed by atoms with Crippen molar-refractivity contribution < 1.29 is 0 Å². The minimum atomic E-state index is 0.618. The third kappa shape index (κ3) is 4.31. The van der Waals surface area contributed by atoms with Crippen LogP contribution in [0.25, 0.3) is 0 Å². The van der Waals surface area contributed by atoms with Crippen LogP contribution in [0.5, 0.6) is 0 Å². The van der Waals surface area contributed by atoms with Gasteiger partial charge in [-0.2, -0.15) is 0 Å². The maximum atomic E-state index is 6.26. The van der Waals surface area contributed by atoms with Crippen LogP contribution in [0.3, 0.4) is 0 Å². The molecular formula is C18H25ClN6. The third-order valence-corrected chi connectivity index (χ3v) is 4.90. The van der Waals surface area contributed by atoms with Crippen LogP contribution in [0, 0.1) is 0 Å². The van der Waals surface area contributed by atoms with E-state index >= 15 is 0 Å². The predicted octanol–water partition coefficient (Wildman–Crippen LogP) is 2.87. The second-order valence-corrected chi connectivity index (χ2v) is 6.75. The number of aromatic nitrogens is 3. The first-order chi connectivity index (χ1) is 12.2. The van der Waals surface area contributed by atoms with Crippen molar-refractivity contribution in [2.75, 3.05) is 14.1 Å². The van der Waals surface area contributed by atoms with Gasteiger partial charge in [-0.15, -0.1) is 10.2 Å². The van der Waals surface area contributed by atoms with E-state index in [4.69, 9.17) is 11.6 Å². The molecule has 6 nitrogen and oxygen atoms in total. The molecule has 1 aromatic carbocycles. The van der Waals surface area contributed by atoms with E-state index in [1.54, 1.807) is 7.05 Å². The summed E-state index contributed by atoms with van der Waals surface area (Å²) >= 11 is 6.26. The van der Waals surface area contributed by atoms with Crippen LogP contribution in [-0.2, 0) is 26.1 Å². The average Bonchev–Trinajstić information content (AvgIpc) is 2.84. The summed E-state index contributed by atoms with van der Waals surface area (Å²) in [6.45, 7) is 2.32. The zero-order chi connectivity index (χ0) is 17.6. The van der Waals surface area contributed by atoms with Crippen LogP contribution < -0.4 is 5.32 Å². The van der Waals surface area contributed by atoms with Crippen LogP contribution in [0.1, 0.15) is 36.5 Å². The number of nitrogens with zero attached hydrogens (tertiary/aromatic N) is 5. The van der Waals surface area contributed by atoms with Crippen LogP contribution >= 0.6 is 11.6 Å². The third-order valence-electron chi connectivity index (χ3n) is 4.53. The molecule has 1 aliphatic heterocycles. The number of fused-ring (bicyclic) bond motifs is 1. The smallest absolute Gasteiger partial charge is 0.194 e. The molecular weight excluding hydrogens is 336 g/mol. The summed E-state index contributed by atoms with van der Waals surface area (Å²) in [6.07, 6.45) is 4.68. The number of hydrogen-bond acceptors (Lipinski definition) is 3. The minimum absolute atomic E-state index is 0.618. The van der Waals surface area contributed by atoms with Gasteiger partial charge in [-0.25, -0.2) is 0 Å². The zero-order valence-corrected chi connectivity index (χ0v) is 15.6. The molecule has 1 aliphatic rings. The molecule has 0 unspecified atom stereocenters. The van der Waals surface area contributed by atoms with Crippen LogP contribution in [-0.4, -0.2) is 39.7 Å². The molecule has 1 N–H and O–H groups in total. The van der Waals surface area contributed by atoms with E-state index in [9.17, 15) is 0 Å². The van der Waals surface area contributed by atoms with Crippen molar-refractivity contribution in [2.45, 2.75) is 45.3 Å². The first-order valence-corrected chi connectivity index (χ1v) is 9.13. The van der Waals surface area contributed by atoms with Gasteiger partial charge in [-0.1, -0.05) is 36.2 Å². The Bertz CT molecular complexity index is 739. The van der Waals surface area contributed by atoms with E-state index < -0.39 is 0 Å². The first kappa shape index (κ1) is 17.7. The van der Waals surface area contributed by atoms with Gasteiger partial charge in [0.25, 0.3) is 0 Å². The molecule has 0 fully saturated rings. The standard InChI is InChI=1S/C18H25ClN6/c1-20-18(24(2)13-14-8-5-6-9-15(14)19)21-12-17-23-22-16-10-4-3-7-11-25(16)17/h5-6,8-9H,3-4,7,10-13H2,1-2H3,(H,20,21). The van der Waals surface area contributed by atoms with Crippen molar-refractivity contribution in [1.29, 1.82) is 0 Å². The Morgan fingerprint density at radius 3 is 2.92 bits per heavy atom. The molecule has 3 rings (SSSR count). The van der Waals surface area contributed by atoms with Crippen molar-refractivity contribution >= 4 is 17.6 Å². The average molecular weight is 361 g/mol. The molecule has 0 radical (unpaired) electrons. The molecule has 0 bridgehead atoms. The van der Waals surface area contributed by atoms with Gasteiger partial charge in [-0.3, -0.25) is 4.99 Å². The fourth-order valence-electron chi connectivity index (χ4n) is 3.18. The van der Waals surface area contributed by atoms with Crippen molar-refractivity contribution in [2.24, 2.45) is 4.99 Å². The van der Waals surface area contributed by atoms with E-state index in [1.165, 1.54) is 19.3 Å². The number of rotatable bonds is 4. The van der Waals surface area contributed by atoms with Gasteiger partial charge < -0.3 is 14.8 Å². The van der Waals surface area contributed by atoms with Crippen molar-refractivity contribution in [3.05, 3.63) is 46.5 Å². The van der Waals surface area contributed by atoms with Gasteiger partial charge in [0, 0.05) is 38.6 Å². The first-order valence-electron chi connectivity index (χ1n) is 8.75. The highest BCUT2D eigenvalue weighted by Gasteiger charge is 2.15. The summed E-state index contributed by atoms with van der Waals surface area (Å²) in [6, 6.07) is 7.88. The quantitative estimate of drug-likeness (QED) is 0.672. The summed E-state index contributed by atoms with van der Waals surface area (Å²) in [4.78, 5) is 6.43. The molecule has 0 saturated heterocycles. The highest BCUT2D eigenvalue weighted by molar-refractivity contribution is 6.31. The minimum Gasteiger partial charge on any atom is -0.349 e. The topological polar surface area (TPSA) is 58.3 Å². The largest absolute Gasteiger partial charge is 0.349 e. The Morgan fingerprint density at radius 2 is 2.12 bits per heavy atom. The number of halogens is 1. The lowest BCUT2D eigenvalue weighted by molar-refractivity contribution is 0.473. The second kappa shape index (κ2) is 8.34. The summed E-state index contributed by atoms with van der Waals surface area (Å²) in [5.41, 5.74) is 1.07. The van der Waals surface area contributed by atoms with Gasteiger partial charge in [0.2, 0.25) is 0 Å². The predicted molar refractivity (Wildman–Crippen MR) is 101 cm³/mol. The van der Waals surface area contributed by atoms with Crippen LogP contribution in [0.15, 0.2) is 29.3 Å². The van der Waals surface area contributed by atoms with Crippen molar-refractivity contribution in [3.63, 3.8) is 0 Å². The van der Waals surface area contributed by atoms with E-state index in [2.05, 4.69) is 30.0 Å². The molecule has 2 heterocycles. The van der Waals surface area contributed by atoms with Gasteiger partial charge in [0.1, 0.15) is 5.82 Å². The van der Waals surface area contributed by atoms with Crippen LogP contribution in [0.2, 0.25) is 5.02 Å². The Morgan fingerprint density at radius 1 is 1.28 bits per heavy atom. The maximum absolute atomic E-state index is 6.26. The number of hydrogen-bond donors (Lipinski definition) is 1. The maximum Gasteiger partial charge on any atom is 0.194 e. The summed E-state index contributed by atoms with van der Waals surface area (Å²) < 4.78 is 2.25. The van der Waals surface area contributed by atoms with Gasteiger partial charge in [0.15, 0.2) is 11.8 Å². The highest BCUT2D eigenvalue weighted by atomic mass is 35.5. The number of benzene rings is 1. The Kier molecular flexibility index (Phi) is 5.91. The van der Waals surface area contributed by atoms with E-state index in [1.807, 2.05) is 31.3 Å². The Balaban J connectivity index is 1.63. The Labute approximate surface area is 153 Å². The zero-order valence-electron chi connectivity index (χ0n) is 14.9. The Hall–Kier alpha value is -2.08. The molecule has 0 amide bonds. The molecule has 0 spiro atoms. The molecule has 7 heteroatoms. The number of aryl methyl sites for hydroxylation is 1. The molecule has 2 aromatic rings. The summed E-state index contributed by atoms with van der Waals surface area (Å²) in [7, 11) is 3.79. The van der Waals surface area contributed by atoms with E-state index in [-0.39, 0.29) is 0 Å². The number of nitrogens with one attached hydrogen (secondary N) is 1. The molecule has 0 saturated carbocycles. The lowest BCUT2D eigenvalue weighted by Gasteiger charge is -2.22. The molecule has 0 aliphatic carbocycles. The normalized spacial score (nSPS) is 14.8. The number of guanidine groups is 1. The van der Waals surface area contributed by atoms with Crippen molar-refractivity contribution in [1.82, 2.24) is 25.0 Å². The molecule has 1 aromatic heterocycles. The molecule has 134 valence electrons. The SMILES string of the molecule is CN=C(NCc1nnc2n1CCCCC2)N(C)Cc1ccccc1Cl. The summed E-state index contributed by atoms with van der Waals surface area (Å²) in [5, 5.41) is 12.9. The van der Waals surface area contributed by atoms with Crippen molar-refractivity contribution in [3.8, 4) is 0 Å². The summed E-state index contributed by atoms with van der Waals surface area (Å²) in [5.74, 6) is 2.89. The van der Waals surface area contributed by atoms with E-state index in [0.29, 0.717) is 13.1 Å². The second-order valence-electron chi connectivity index (χ2n) is 6.34. The van der Waals surface area contributed by atoms with Gasteiger partial charge in [-0.05, 0) is 24.5 Å². The number of aliphatic imine (C=N–C) groups is 1. The van der Waals surface area contributed by atoms with Gasteiger partial charge in [0.05, 0.1) is 6.54 Å². The van der Waals surface area contributed by atoms with Crippen LogP contribution in [0.4, 0.5) is 0 Å².